The molecule has 2 heterocycles. The predicted molar refractivity (Wildman–Crippen MR) is 70.0 cm³/mol. The summed E-state index contributed by atoms with van der Waals surface area (Å²) in [6, 6.07) is 0.651. The topological polar surface area (TPSA) is 33.1 Å². The summed E-state index contributed by atoms with van der Waals surface area (Å²) in [6.45, 7) is 9.21. The minimum atomic E-state index is 0.651. The molecule has 0 bridgehead atoms. The molecule has 1 fully saturated rings. The molecular weight excluding hydrogens is 212 g/mol. The first-order valence-electron chi connectivity index (χ1n) is 6.58. The fourth-order valence-corrected chi connectivity index (χ4v) is 2.38. The molecule has 1 unspecified atom stereocenters. The normalized spacial score (nSPS) is 22.2. The molecule has 0 amide bonds. The number of nitrogens with one attached hydrogen (secondary N) is 1. The Balaban J connectivity index is 1.79. The second-order valence-electron chi connectivity index (χ2n) is 5.38. The van der Waals surface area contributed by atoms with Gasteiger partial charge < -0.3 is 10.2 Å². The van der Waals surface area contributed by atoms with Crippen molar-refractivity contribution in [3.8, 4) is 0 Å². The number of aryl methyl sites for hydroxylation is 1. The Kier molecular flexibility index (Phi) is 4.18. The van der Waals surface area contributed by atoms with Gasteiger partial charge in [0.25, 0.3) is 0 Å². The van der Waals surface area contributed by atoms with Crippen molar-refractivity contribution in [2.75, 3.05) is 26.2 Å². The van der Waals surface area contributed by atoms with Crippen LogP contribution in [0.4, 0.5) is 0 Å². The van der Waals surface area contributed by atoms with E-state index in [1.165, 1.54) is 18.7 Å². The van der Waals surface area contributed by atoms with E-state index in [1.807, 2.05) is 17.9 Å². The van der Waals surface area contributed by atoms with Crippen LogP contribution in [-0.2, 0) is 13.5 Å². The zero-order valence-electron chi connectivity index (χ0n) is 11.2. The fourth-order valence-electron chi connectivity index (χ4n) is 2.38. The van der Waals surface area contributed by atoms with Gasteiger partial charge in [-0.3, -0.25) is 4.68 Å². The lowest BCUT2D eigenvalue weighted by molar-refractivity contribution is 0.177. The molecule has 1 saturated heterocycles. The second kappa shape index (κ2) is 5.65. The summed E-state index contributed by atoms with van der Waals surface area (Å²) >= 11 is 0. The number of hydrogen-bond acceptors (Lipinski definition) is 3. The van der Waals surface area contributed by atoms with Crippen LogP contribution in [0.2, 0.25) is 0 Å². The molecule has 96 valence electrons. The molecule has 4 heteroatoms. The second-order valence-corrected chi connectivity index (χ2v) is 5.38. The van der Waals surface area contributed by atoms with Crippen LogP contribution in [0.5, 0.6) is 0 Å². The maximum atomic E-state index is 4.21. The standard InChI is InChI=1S/C13H24N4/c1-11(2)13-10-17(7-5-14-13)6-4-12-8-15-16(3)9-12/h8-9,11,13-14H,4-7,10H2,1-3H3. The lowest BCUT2D eigenvalue weighted by Crippen LogP contribution is -2.53. The minimum absolute atomic E-state index is 0.651. The smallest absolute Gasteiger partial charge is 0.0522 e. The zero-order chi connectivity index (χ0) is 12.3. The molecule has 0 spiro atoms. The van der Waals surface area contributed by atoms with Gasteiger partial charge in [-0.25, -0.2) is 0 Å². The third-order valence-corrected chi connectivity index (χ3v) is 3.57. The van der Waals surface area contributed by atoms with Crippen LogP contribution in [0.3, 0.4) is 0 Å². The van der Waals surface area contributed by atoms with Gasteiger partial charge in [0.15, 0.2) is 0 Å². The van der Waals surface area contributed by atoms with Gasteiger partial charge >= 0.3 is 0 Å². The van der Waals surface area contributed by atoms with Crippen molar-refractivity contribution >= 4 is 0 Å². The van der Waals surface area contributed by atoms with E-state index in [-0.39, 0.29) is 0 Å². The molecule has 0 aliphatic carbocycles. The van der Waals surface area contributed by atoms with Crippen LogP contribution in [0.25, 0.3) is 0 Å². The highest BCUT2D eigenvalue weighted by molar-refractivity contribution is 5.04. The van der Waals surface area contributed by atoms with E-state index >= 15 is 0 Å². The third-order valence-electron chi connectivity index (χ3n) is 3.57. The fraction of sp³-hybridized carbons (Fsp3) is 0.769. The molecule has 2 rings (SSSR count). The van der Waals surface area contributed by atoms with Gasteiger partial charge in [0.1, 0.15) is 0 Å². The number of aromatic nitrogens is 2. The molecule has 0 radical (unpaired) electrons. The van der Waals surface area contributed by atoms with E-state index in [2.05, 4.69) is 35.4 Å². The quantitative estimate of drug-likeness (QED) is 0.843. The van der Waals surface area contributed by atoms with Crippen molar-refractivity contribution in [1.29, 1.82) is 0 Å². The maximum Gasteiger partial charge on any atom is 0.0522 e. The first-order chi connectivity index (χ1) is 8.15. The molecule has 1 aromatic heterocycles. The molecular formula is C13H24N4. The highest BCUT2D eigenvalue weighted by Crippen LogP contribution is 2.09. The molecule has 0 saturated carbocycles. The molecule has 1 aromatic rings. The van der Waals surface area contributed by atoms with Crippen LogP contribution >= 0.6 is 0 Å². The van der Waals surface area contributed by atoms with Gasteiger partial charge in [-0.15, -0.1) is 0 Å². The van der Waals surface area contributed by atoms with Crippen LogP contribution in [0, 0.1) is 5.92 Å². The lowest BCUT2D eigenvalue weighted by atomic mass is 10.0. The van der Waals surface area contributed by atoms with E-state index in [1.54, 1.807) is 0 Å². The monoisotopic (exact) mass is 236 g/mol. The Labute approximate surface area is 104 Å². The average molecular weight is 236 g/mol. The lowest BCUT2D eigenvalue weighted by Gasteiger charge is -2.35. The van der Waals surface area contributed by atoms with Crippen molar-refractivity contribution in [1.82, 2.24) is 20.0 Å². The number of piperazine rings is 1. The maximum absolute atomic E-state index is 4.21. The molecule has 4 nitrogen and oxygen atoms in total. The molecule has 1 aliphatic heterocycles. The van der Waals surface area contributed by atoms with Crippen LogP contribution in [0.15, 0.2) is 12.4 Å². The summed E-state index contributed by atoms with van der Waals surface area (Å²) in [5.74, 6) is 0.719. The summed E-state index contributed by atoms with van der Waals surface area (Å²) in [4.78, 5) is 2.56. The molecule has 17 heavy (non-hydrogen) atoms. The molecule has 1 atom stereocenters. The van der Waals surface area contributed by atoms with Gasteiger partial charge in [0, 0.05) is 45.5 Å². The Morgan fingerprint density at radius 1 is 1.53 bits per heavy atom. The highest BCUT2D eigenvalue weighted by Gasteiger charge is 2.21. The van der Waals surface area contributed by atoms with Crippen LogP contribution in [-0.4, -0.2) is 46.9 Å². The Morgan fingerprint density at radius 2 is 2.35 bits per heavy atom. The van der Waals surface area contributed by atoms with Crippen LogP contribution in [0.1, 0.15) is 19.4 Å². The summed E-state index contributed by atoms with van der Waals surface area (Å²) in [7, 11) is 1.98. The van der Waals surface area contributed by atoms with E-state index in [0.717, 1.165) is 25.4 Å². The van der Waals surface area contributed by atoms with Gasteiger partial charge in [0.2, 0.25) is 0 Å². The first kappa shape index (κ1) is 12.6. The van der Waals surface area contributed by atoms with Gasteiger partial charge in [-0.1, -0.05) is 13.8 Å². The Morgan fingerprint density at radius 3 is 3.00 bits per heavy atom. The minimum Gasteiger partial charge on any atom is -0.311 e. The van der Waals surface area contributed by atoms with E-state index in [0.29, 0.717) is 6.04 Å². The highest BCUT2D eigenvalue weighted by atomic mass is 15.2. The SMILES string of the molecule is CC(C)C1CN(CCc2cnn(C)c2)CCN1. The Hall–Kier alpha value is -0.870. The van der Waals surface area contributed by atoms with Crippen molar-refractivity contribution in [2.45, 2.75) is 26.3 Å². The first-order valence-corrected chi connectivity index (χ1v) is 6.58. The van der Waals surface area contributed by atoms with Gasteiger partial charge in [0.05, 0.1) is 6.20 Å². The number of rotatable bonds is 4. The van der Waals surface area contributed by atoms with E-state index < -0.39 is 0 Å². The molecule has 0 aromatic carbocycles. The average Bonchev–Trinajstić information content (AvgIpc) is 2.73. The van der Waals surface area contributed by atoms with Crippen LogP contribution < -0.4 is 5.32 Å². The zero-order valence-corrected chi connectivity index (χ0v) is 11.2. The summed E-state index contributed by atoms with van der Waals surface area (Å²) < 4.78 is 1.88. The molecule has 1 aliphatic rings. The summed E-state index contributed by atoms with van der Waals surface area (Å²) in [6.07, 6.45) is 5.20. The van der Waals surface area contributed by atoms with Gasteiger partial charge in [-0.05, 0) is 17.9 Å². The summed E-state index contributed by atoms with van der Waals surface area (Å²) in [5, 5.41) is 7.80. The third kappa shape index (κ3) is 3.54. The van der Waals surface area contributed by atoms with Gasteiger partial charge in [-0.2, -0.15) is 5.10 Å². The largest absolute Gasteiger partial charge is 0.311 e. The van der Waals surface area contributed by atoms with E-state index in [9.17, 15) is 0 Å². The summed E-state index contributed by atoms with van der Waals surface area (Å²) in [5.41, 5.74) is 1.34. The molecule has 1 N–H and O–H groups in total. The van der Waals surface area contributed by atoms with Crippen molar-refractivity contribution in [3.05, 3.63) is 18.0 Å². The van der Waals surface area contributed by atoms with E-state index in [4.69, 9.17) is 0 Å². The number of hydrogen-bond donors (Lipinski definition) is 1. The Bertz CT molecular complexity index is 345. The number of nitrogens with zero attached hydrogens (tertiary/aromatic N) is 3. The predicted octanol–water partition coefficient (Wildman–Crippen LogP) is 0.892. The van der Waals surface area contributed by atoms with Crippen molar-refractivity contribution in [2.24, 2.45) is 13.0 Å². The van der Waals surface area contributed by atoms with Crippen molar-refractivity contribution < 1.29 is 0 Å². The van der Waals surface area contributed by atoms with Crippen molar-refractivity contribution in [3.63, 3.8) is 0 Å².